The molecule has 0 saturated carbocycles. The maximum Gasteiger partial charge on any atom is 0.256 e. The van der Waals surface area contributed by atoms with Crippen molar-refractivity contribution in [1.29, 1.82) is 0 Å². The number of hydrogen-bond donors (Lipinski definition) is 2. The van der Waals surface area contributed by atoms with Crippen LogP contribution in [0, 0.1) is 0 Å². The van der Waals surface area contributed by atoms with Crippen molar-refractivity contribution in [3.8, 4) is 5.75 Å². The molecule has 0 radical (unpaired) electrons. The van der Waals surface area contributed by atoms with Crippen LogP contribution < -0.4 is 15.4 Å². The van der Waals surface area contributed by atoms with E-state index < -0.39 is 0 Å². The molecular formula is C18H16Cl3N3O2S. The highest BCUT2D eigenvalue weighted by Gasteiger charge is 2.24. The third kappa shape index (κ3) is 3.60. The van der Waals surface area contributed by atoms with Gasteiger partial charge in [-0.3, -0.25) is 9.78 Å². The van der Waals surface area contributed by atoms with Gasteiger partial charge in [-0.25, -0.2) is 0 Å². The van der Waals surface area contributed by atoms with Gasteiger partial charge in [0.2, 0.25) is 0 Å². The fraction of sp³-hybridized carbons (Fsp3) is 0.222. The number of methoxy groups -OCH3 is 1. The van der Waals surface area contributed by atoms with Gasteiger partial charge < -0.3 is 15.4 Å². The summed E-state index contributed by atoms with van der Waals surface area (Å²) in [5.74, 6) is 0.516. The number of anilines is 1. The van der Waals surface area contributed by atoms with Crippen molar-refractivity contribution in [3.63, 3.8) is 0 Å². The summed E-state index contributed by atoms with van der Waals surface area (Å²) >= 11 is 13.9. The van der Waals surface area contributed by atoms with E-state index in [2.05, 4.69) is 15.6 Å². The maximum absolute atomic E-state index is 13.0. The highest BCUT2D eigenvalue weighted by molar-refractivity contribution is 7.19. The van der Waals surface area contributed by atoms with E-state index in [1.54, 1.807) is 24.5 Å². The summed E-state index contributed by atoms with van der Waals surface area (Å²) in [4.78, 5) is 18.2. The molecule has 0 bridgehead atoms. The van der Waals surface area contributed by atoms with E-state index in [1.165, 1.54) is 22.8 Å². The molecule has 1 amide bonds. The van der Waals surface area contributed by atoms with Crippen LogP contribution in [0.4, 0.5) is 5.69 Å². The summed E-state index contributed by atoms with van der Waals surface area (Å²) in [6.07, 6.45) is 3.77. The number of halogens is 3. The monoisotopic (exact) mass is 443 g/mol. The molecule has 27 heavy (non-hydrogen) atoms. The Balaban J connectivity index is 0.00000210. The van der Waals surface area contributed by atoms with Crippen molar-refractivity contribution < 1.29 is 9.53 Å². The van der Waals surface area contributed by atoms with E-state index >= 15 is 0 Å². The zero-order chi connectivity index (χ0) is 18.3. The summed E-state index contributed by atoms with van der Waals surface area (Å²) in [5.41, 5.74) is 2.16. The van der Waals surface area contributed by atoms with Gasteiger partial charge in [-0.1, -0.05) is 23.2 Å². The van der Waals surface area contributed by atoms with Crippen molar-refractivity contribution in [2.24, 2.45) is 0 Å². The topological polar surface area (TPSA) is 63.2 Å². The molecule has 2 N–H and O–H groups in total. The highest BCUT2D eigenvalue weighted by Crippen LogP contribution is 2.41. The second-order valence-electron chi connectivity index (χ2n) is 5.88. The van der Waals surface area contributed by atoms with Crippen LogP contribution in [0.5, 0.6) is 5.75 Å². The molecular weight excluding hydrogens is 429 g/mol. The maximum atomic E-state index is 13.0. The Labute approximate surface area is 176 Å². The number of ether oxygens (including phenoxy) is 1. The SMILES string of the molecule is COc1ccc(C(=O)Nc2c(Cl)cncc2Cl)c2c3c(sc12)CNCC3.Cl. The third-order valence-corrected chi connectivity index (χ3v) is 6.20. The Morgan fingerprint density at radius 1 is 1.30 bits per heavy atom. The number of pyridine rings is 1. The molecule has 142 valence electrons. The minimum atomic E-state index is -0.258. The van der Waals surface area contributed by atoms with Gasteiger partial charge >= 0.3 is 0 Å². The van der Waals surface area contributed by atoms with Gasteiger partial charge in [-0.15, -0.1) is 23.7 Å². The molecule has 2 aromatic heterocycles. The van der Waals surface area contributed by atoms with Crippen molar-refractivity contribution in [2.45, 2.75) is 13.0 Å². The number of rotatable bonds is 3. The number of aromatic nitrogens is 1. The third-order valence-electron chi connectivity index (χ3n) is 4.38. The first-order valence-electron chi connectivity index (χ1n) is 8.02. The molecule has 0 fully saturated rings. The summed E-state index contributed by atoms with van der Waals surface area (Å²) in [5, 5.41) is 7.74. The minimum Gasteiger partial charge on any atom is -0.495 e. The normalized spacial score (nSPS) is 13.0. The number of benzene rings is 1. The van der Waals surface area contributed by atoms with Crippen LogP contribution in [0.25, 0.3) is 10.1 Å². The quantitative estimate of drug-likeness (QED) is 0.601. The molecule has 0 unspecified atom stereocenters. The number of amides is 1. The van der Waals surface area contributed by atoms with Crippen LogP contribution >= 0.6 is 46.9 Å². The minimum absolute atomic E-state index is 0. The zero-order valence-corrected chi connectivity index (χ0v) is 17.4. The van der Waals surface area contributed by atoms with Gasteiger partial charge in [-0.2, -0.15) is 0 Å². The fourth-order valence-corrected chi connectivity index (χ4v) is 4.97. The van der Waals surface area contributed by atoms with Gasteiger partial charge in [0, 0.05) is 34.8 Å². The molecule has 5 nitrogen and oxygen atoms in total. The standard InChI is InChI=1S/C18H15Cl2N3O2S.ClH/c1-25-13-3-2-10(15-9-4-5-21-8-14(9)26-17(13)15)18(24)23-16-11(19)6-22-7-12(16)20;/h2-3,6-7,21H,4-5,8H2,1H3,(H,22,23,24);1H. The molecule has 3 heterocycles. The Kier molecular flexibility index (Phi) is 6.13. The fourth-order valence-electron chi connectivity index (χ4n) is 3.17. The predicted octanol–water partition coefficient (Wildman–Crippen LogP) is 4.93. The lowest BCUT2D eigenvalue weighted by atomic mass is 9.99. The van der Waals surface area contributed by atoms with Crippen molar-refractivity contribution >= 4 is 68.6 Å². The number of thiophene rings is 1. The molecule has 0 atom stereocenters. The van der Waals surface area contributed by atoms with E-state index in [-0.39, 0.29) is 18.3 Å². The molecule has 1 aliphatic heterocycles. The molecule has 1 aromatic carbocycles. The number of nitrogens with one attached hydrogen (secondary N) is 2. The van der Waals surface area contributed by atoms with Crippen LogP contribution in [0.15, 0.2) is 24.5 Å². The smallest absolute Gasteiger partial charge is 0.256 e. The first-order chi connectivity index (χ1) is 12.6. The van der Waals surface area contributed by atoms with E-state index in [0.717, 1.165) is 35.3 Å². The predicted molar refractivity (Wildman–Crippen MR) is 113 cm³/mol. The Hall–Kier alpha value is -1.57. The van der Waals surface area contributed by atoms with Gasteiger partial charge in [0.25, 0.3) is 5.91 Å². The first-order valence-corrected chi connectivity index (χ1v) is 9.59. The molecule has 1 aliphatic rings. The first kappa shape index (κ1) is 20.2. The number of carbonyl (C=O) groups excluding carboxylic acids is 1. The lowest BCUT2D eigenvalue weighted by molar-refractivity contribution is 0.102. The van der Waals surface area contributed by atoms with Crippen LogP contribution in [0.3, 0.4) is 0 Å². The second-order valence-corrected chi connectivity index (χ2v) is 7.80. The van der Waals surface area contributed by atoms with Crippen molar-refractivity contribution in [3.05, 3.63) is 50.6 Å². The van der Waals surface area contributed by atoms with E-state index in [1.807, 2.05) is 6.07 Å². The lowest BCUT2D eigenvalue weighted by Crippen LogP contribution is -2.22. The highest BCUT2D eigenvalue weighted by atomic mass is 35.5. The average Bonchev–Trinajstić information content (AvgIpc) is 3.03. The Bertz CT molecular complexity index is 1000. The molecule has 0 spiro atoms. The second kappa shape index (κ2) is 8.20. The van der Waals surface area contributed by atoms with Gasteiger partial charge in [0.1, 0.15) is 5.75 Å². The molecule has 0 saturated heterocycles. The van der Waals surface area contributed by atoms with Crippen molar-refractivity contribution in [1.82, 2.24) is 10.3 Å². The van der Waals surface area contributed by atoms with Crippen LogP contribution in [0.2, 0.25) is 10.0 Å². The van der Waals surface area contributed by atoms with Gasteiger partial charge in [-0.05, 0) is 30.7 Å². The van der Waals surface area contributed by atoms with Crippen LogP contribution in [0.1, 0.15) is 20.8 Å². The number of nitrogens with zero attached hydrogens (tertiary/aromatic N) is 1. The summed E-state index contributed by atoms with van der Waals surface area (Å²) in [6, 6.07) is 3.61. The van der Waals surface area contributed by atoms with E-state index in [0.29, 0.717) is 21.3 Å². The van der Waals surface area contributed by atoms with E-state index in [4.69, 9.17) is 27.9 Å². The number of hydrogen-bond acceptors (Lipinski definition) is 5. The largest absolute Gasteiger partial charge is 0.495 e. The lowest BCUT2D eigenvalue weighted by Gasteiger charge is -2.14. The van der Waals surface area contributed by atoms with Gasteiger partial charge in [0.15, 0.2) is 0 Å². The average molecular weight is 445 g/mol. The van der Waals surface area contributed by atoms with E-state index in [9.17, 15) is 4.79 Å². The molecule has 3 aromatic rings. The Morgan fingerprint density at radius 2 is 2.04 bits per heavy atom. The van der Waals surface area contributed by atoms with Gasteiger partial charge in [0.05, 0.1) is 27.5 Å². The zero-order valence-electron chi connectivity index (χ0n) is 14.3. The molecule has 4 rings (SSSR count). The van der Waals surface area contributed by atoms with Crippen LogP contribution in [-0.2, 0) is 13.0 Å². The summed E-state index contributed by atoms with van der Waals surface area (Å²) < 4.78 is 6.49. The number of fused-ring (bicyclic) bond motifs is 3. The Morgan fingerprint density at radius 3 is 2.74 bits per heavy atom. The number of carbonyl (C=O) groups is 1. The molecule has 9 heteroatoms. The summed E-state index contributed by atoms with van der Waals surface area (Å²) in [7, 11) is 1.64. The summed E-state index contributed by atoms with van der Waals surface area (Å²) in [6.45, 7) is 1.69. The van der Waals surface area contributed by atoms with Crippen LogP contribution in [-0.4, -0.2) is 24.5 Å². The molecule has 0 aliphatic carbocycles. The van der Waals surface area contributed by atoms with Crippen molar-refractivity contribution in [2.75, 3.05) is 19.0 Å².